The summed E-state index contributed by atoms with van der Waals surface area (Å²) in [4.78, 5) is 2.38. The van der Waals surface area contributed by atoms with E-state index in [1.807, 2.05) is 0 Å². The van der Waals surface area contributed by atoms with E-state index in [0.29, 0.717) is 6.61 Å². The maximum absolute atomic E-state index is 9.50. The molecule has 1 saturated carbocycles. The molecule has 2 heteroatoms. The third-order valence-electron chi connectivity index (χ3n) is 4.57. The summed E-state index contributed by atoms with van der Waals surface area (Å²) < 4.78 is 0. The molecule has 0 amide bonds. The van der Waals surface area contributed by atoms with E-state index in [1.54, 1.807) is 0 Å². The van der Waals surface area contributed by atoms with Crippen LogP contribution in [0.1, 0.15) is 37.3 Å². The van der Waals surface area contributed by atoms with Crippen molar-refractivity contribution in [1.82, 2.24) is 4.90 Å². The molecule has 106 valence electrons. The van der Waals surface area contributed by atoms with Crippen LogP contribution in [0.2, 0.25) is 0 Å². The quantitative estimate of drug-likeness (QED) is 0.816. The van der Waals surface area contributed by atoms with Crippen LogP contribution in [-0.2, 0) is 12.8 Å². The Kier molecular flexibility index (Phi) is 5.00. The highest BCUT2D eigenvalue weighted by atomic mass is 16.3. The summed E-state index contributed by atoms with van der Waals surface area (Å²) in [5.41, 5.74) is 3.03. The molecular weight excluding hydrogens is 234 g/mol. The molecule has 1 aromatic carbocycles. The van der Waals surface area contributed by atoms with E-state index >= 15 is 0 Å². The van der Waals surface area contributed by atoms with Crippen LogP contribution >= 0.6 is 0 Å². The number of aliphatic hydroxyl groups is 1. The largest absolute Gasteiger partial charge is 0.396 e. The standard InChI is InChI=1S/C17H27NO/c1-3-15-5-7-16(8-6-15)9-12-18(2)13-17(14-19)10-4-11-17/h5-8,19H,3-4,9-14H2,1-2H3. The first-order valence-electron chi connectivity index (χ1n) is 7.55. The van der Waals surface area contributed by atoms with E-state index in [-0.39, 0.29) is 5.41 Å². The number of aryl methyl sites for hydroxylation is 1. The zero-order chi connectivity index (χ0) is 13.7. The molecule has 1 fully saturated rings. The van der Waals surface area contributed by atoms with Crippen LogP contribution < -0.4 is 0 Å². The van der Waals surface area contributed by atoms with E-state index in [1.165, 1.54) is 30.4 Å². The SMILES string of the molecule is CCc1ccc(CCN(C)CC2(CO)CCC2)cc1. The summed E-state index contributed by atoms with van der Waals surface area (Å²) in [6, 6.07) is 8.96. The normalized spacial score (nSPS) is 17.5. The Morgan fingerprint density at radius 1 is 1.16 bits per heavy atom. The maximum Gasteiger partial charge on any atom is 0.0499 e. The molecule has 0 aliphatic heterocycles. The lowest BCUT2D eigenvalue weighted by Gasteiger charge is -2.43. The lowest BCUT2D eigenvalue weighted by atomic mass is 9.69. The molecule has 0 heterocycles. The van der Waals surface area contributed by atoms with Crippen LogP contribution in [0.15, 0.2) is 24.3 Å². The summed E-state index contributed by atoms with van der Waals surface area (Å²) in [5.74, 6) is 0. The number of hydrogen-bond acceptors (Lipinski definition) is 2. The second-order valence-corrected chi connectivity index (χ2v) is 6.17. The average Bonchev–Trinajstić information content (AvgIpc) is 2.41. The summed E-state index contributed by atoms with van der Waals surface area (Å²) in [7, 11) is 2.18. The lowest BCUT2D eigenvalue weighted by Crippen LogP contribution is -2.44. The molecule has 2 rings (SSSR count). The predicted molar refractivity (Wildman–Crippen MR) is 80.4 cm³/mol. The van der Waals surface area contributed by atoms with Gasteiger partial charge in [-0.15, -0.1) is 0 Å². The van der Waals surface area contributed by atoms with Crippen molar-refractivity contribution in [3.8, 4) is 0 Å². The number of likely N-dealkylation sites (N-methyl/N-ethyl adjacent to an activating group) is 1. The van der Waals surface area contributed by atoms with Gasteiger partial charge >= 0.3 is 0 Å². The fraction of sp³-hybridized carbons (Fsp3) is 0.647. The van der Waals surface area contributed by atoms with Gasteiger partial charge in [0.05, 0.1) is 0 Å². The first-order chi connectivity index (χ1) is 9.17. The zero-order valence-electron chi connectivity index (χ0n) is 12.4. The molecule has 0 atom stereocenters. The minimum atomic E-state index is 0.209. The maximum atomic E-state index is 9.50. The predicted octanol–water partition coefficient (Wildman–Crippen LogP) is 2.89. The van der Waals surface area contributed by atoms with E-state index in [9.17, 15) is 5.11 Å². The highest BCUT2D eigenvalue weighted by molar-refractivity contribution is 5.22. The van der Waals surface area contributed by atoms with Crippen LogP contribution in [0.25, 0.3) is 0 Å². The van der Waals surface area contributed by atoms with Gasteiger partial charge in [-0.25, -0.2) is 0 Å². The van der Waals surface area contributed by atoms with Gasteiger partial charge < -0.3 is 10.0 Å². The highest BCUT2D eigenvalue weighted by Crippen LogP contribution is 2.40. The molecule has 1 aliphatic rings. The Labute approximate surface area is 117 Å². The van der Waals surface area contributed by atoms with Crippen molar-refractivity contribution in [2.75, 3.05) is 26.7 Å². The van der Waals surface area contributed by atoms with Crippen molar-refractivity contribution in [3.05, 3.63) is 35.4 Å². The Morgan fingerprint density at radius 3 is 2.26 bits per heavy atom. The number of rotatable bonds is 7. The van der Waals surface area contributed by atoms with Gasteiger partial charge in [-0.2, -0.15) is 0 Å². The van der Waals surface area contributed by atoms with Gasteiger partial charge in [0.1, 0.15) is 0 Å². The van der Waals surface area contributed by atoms with Gasteiger partial charge in [0, 0.05) is 25.1 Å². The van der Waals surface area contributed by atoms with Crippen molar-refractivity contribution < 1.29 is 5.11 Å². The summed E-state index contributed by atoms with van der Waals surface area (Å²) in [6.45, 7) is 4.65. The molecule has 0 aromatic heterocycles. The molecule has 0 bridgehead atoms. The van der Waals surface area contributed by atoms with Crippen molar-refractivity contribution in [3.63, 3.8) is 0 Å². The van der Waals surface area contributed by atoms with Gasteiger partial charge in [0.25, 0.3) is 0 Å². The molecule has 1 aromatic rings. The molecule has 1 aliphatic carbocycles. The van der Waals surface area contributed by atoms with E-state index < -0.39 is 0 Å². The number of aliphatic hydroxyl groups excluding tert-OH is 1. The molecule has 0 unspecified atom stereocenters. The highest BCUT2D eigenvalue weighted by Gasteiger charge is 2.36. The van der Waals surface area contributed by atoms with Crippen molar-refractivity contribution in [2.24, 2.45) is 5.41 Å². The van der Waals surface area contributed by atoms with Gasteiger partial charge in [-0.3, -0.25) is 0 Å². The monoisotopic (exact) mass is 261 g/mol. The summed E-state index contributed by atoms with van der Waals surface area (Å²) >= 11 is 0. The van der Waals surface area contributed by atoms with Crippen LogP contribution in [0, 0.1) is 5.41 Å². The van der Waals surface area contributed by atoms with Crippen LogP contribution in [0.4, 0.5) is 0 Å². The Balaban J connectivity index is 1.77. The van der Waals surface area contributed by atoms with Gasteiger partial charge in [-0.1, -0.05) is 37.6 Å². The summed E-state index contributed by atoms with van der Waals surface area (Å²) in [5, 5.41) is 9.50. The molecule has 0 spiro atoms. The smallest absolute Gasteiger partial charge is 0.0499 e. The zero-order valence-corrected chi connectivity index (χ0v) is 12.4. The molecule has 19 heavy (non-hydrogen) atoms. The molecule has 2 nitrogen and oxygen atoms in total. The molecule has 0 radical (unpaired) electrons. The van der Waals surface area contributed by atoms with Gasteiger partial charge in [-0.05, 0) is 43.9 Å². The second-order valence-electron chi connectivity index (χ2n) is 6.17. The van der Waals surface area contributed by atoms with Crippen molar-refractivity contribution >= 4 is 0 Å². The molecule has 1 N–H and O–H groups in total. The Hall–Kier alpha value is -0.860. The lowest BCUT2D eigenvalue weighted by molar-refractivity contribution is 0.0149. The van der Waals surface area contributed by atoms with E-state index in [2.05, 4.69) is 43.1 Å². The van der Waals surface area contributed by atoms with Gasteiger partial charge in [0.2, 0.25) is 0 Å². The van der Waals surface area contributed by atoms with Crippen molar-refractivity contribution in [1.29, 1.82) is 0 Å². The minimum absolute atomic E-state index is 0.209. The van der Waals surface area contributed by atoms with Crippen molar-refractivity contribution in [2.45, 2.75) is 39.0 Å². The van der Waals surface area contributed by atoms with Gasteiger partial charge in [0.15, 0.2) is 0 Å². The van der Waals surface area contributed by atoms with Crippen LogP contribution in [0.3, 0.4) is 0 Å². The fourth-order valence-corrected chi connectivity index (χ4v) is 2.96. The summed E-state index contributed by atoms with van der Waals surface area (Å²) in [6.07, 6.45) is 5.88. The minimum Gasteiger partial charge on any atom is -0.396 e. The van der Waals surface area contributed by atoms with Crippen LogP contribution in [-0.4, -0.2) is 36.8 Å². The topological polar surface area (TPSA) is 23.5 Å². The van der Waals surface area contributed by atoms with E-state index in [4.69, 9.17) is 0 Å². The third kappa shape index (κ3) is 3.80. The fourth-order valence-electron chi connectivity index (χ4n) is 2.96. The third-order valence-corrected chi connectivity index (χ3v) is 4.57. The van der Waals surface area contributed by atoms with Crippen LogP contribution in [0.5, 0.6) is 0 Å². The molecule has 0 saturated heterocycles. The second kappa shape index (κ2) is 6.53. The molecular formula is C17H27NO. The Morgan fingerprint density at radius 2 is 1.79 bits per heavy atom. The average molecular weight is 261 g/mol. The number of benzene rings is 1. The van der Waals surface area contributed by atoms with E-state index in [0.717, 1.165) is 25.9 Å². The number of nitrogens with zero attached hydrogens (tertiary/aromatic N) is 1. The number of hydrogen-bond donors (Lipinski definition) is 1. The Bertz CT molecular complexity index is 375. The first-order valence-corrected chi connectivity index (χ1v) is 7.55. The first kappa shape index (κ1) is 14.5.